The van der Waals surface area contributed by atoms with Crippen molar-refractivity contribution in [3.8, 4) is 0 Å². The van der Waals surface area contributed by atoms with E-state index >= 15 is 0 Å². The molecule has 3 rings (SSSR count). The molecule has 1 aliphatic heterocycles. The van der Waals surface area contributed by atoms with E-state index in [9.17, 15) is 24.0 Å². The van der Waals surface area contributed by atoms with Gasteiger partial charge in [-0.3, -0.25) is 19.2 Å². The summed E-state index contributed by atoms with van der Waals surface area (Å²) in [4.78, 5) is 63.8. The van der Waals surface area contributed by atoms with E-state index in [0.717, 1.165) is 12.0 Å². The Balaban J connectivity index is 2.08. The summed E-state index contributed by atoms with van der Waals surface area (Å²) in [5, 5.41) is 0. The summed E-state index contributed by atoms with van der Waals surface area (Å²) in [5.74, 6) is -3.88. The molecular formula is C28H38O9. The molecule has 0 spiro atoms. The van der Waals surface area contributed by atoms with Gasteiger partial charge in [-0.15, -0.1) is 0 Å². The van der Waals surface area contributed by atoms with Crippen molar-refractivity contribution in [2.24, 2.45) is 29.1 Å². The average Bonchev–Trinajstić information content (AvgIpc) is 3.10. The molecule has 1 saturated carbocycles. The number of hydrogen-bond donors (Lipinski definition) is 0. The Kier molecular flexibility index (Phi) is 8.34. The summed E-state index contributed by atoms with van der Waals surface area (Å²) in [6.45, 7) is 15.4. The van der Waals surface area contributed by atoms with Crippen molar-refractivity contribution in [2.45, 2.75) is 92.1 Å². The Bertz CT molecular complexity index is 1030. The molecule has 2 aliphatic carbocycles. The fourth-order valence-electron chi connectivity index (χ4n) is 6.06. The molecule has 9 unspecified atom stereocenters. The number of allylic oxidation sites excluding steroid dienone is 1. The summed E-state index contributed by atoms with van der Waals surface area (Å²) in [7, 11) is 0. The fraction of sp³-hybridized carbons (Fsp3) is 0.679. The molecule has 9 nitrogen and oxygen atoms in total. The van der Waals surface area contributed by atoms with E-state index in [1.165, 1.54) is 20.8 Å². The van der Waals surface area contributed by atoms with Crippen LogP contribution in [0.1, 0.15) is 67.7 Å². The largest absolute Gasteiger partial charge is 0.458 e. The SMILES string of the molecule is C=C1C(=O)OC2CC3(C(=O)OC(C)C(=O)C(C)C(C)CC)C(CC12)C(C)=CC(OC(C)=O)C3OC(C)=O. The Morgan fingerprint density at radius 1 is 1.14 bits per heavy atom. The van der Waals surface area contributed by atoms with Gasteiger partial charge in [-0.25, -0.2) is 4.79 Å². The number of ether oxygens (including phenoxy) is 4. The van der Waals surface area contributed by atoms with Crippen LogP contribution in [0.25, 0.3) is 0 Å². The van der Waals surface area contributed by atoms with Gasteiger partial charge in [0.25, 0.3) is 0 Å². The molecule has 3 aliphatic rings. The minimum absolute atomic E-state index is 0.0331. The molecule has 0 N–H and O–H groups in total. The lowest BCUT2D eigenvalue weighted by atomic mass is 9.54. The highest BCUT2D eigenvalue weighted by molar-refractivity contribution is 5.92. The van der Waals surface area contributed by atoms with Gasteiger partial charge in [-0.2, -0.15) is 0 Å². The second-order valence-corrected chi connectivity index (χ2v) is 10.7. The van der Waals surface area contributed by atoms with Crippen molar-refractivity contribution in [1.82, 2.24) is 0 Å². The Morgan fingerprint density at radius 2 is 1.76 bits per heavy atom. The highest BCUT2D eigenvalue weighted by Crippen LogP contribution is 2.57. The summed E-state index contributed by atoms with van der Waals surface area (Å²) < 4.78 is 22.6. The number of ketones is 1. The monoisotopic (exact) mass is 518 g/mol. The van der Waals surface area contributed by atoms with Crippen molar-refractivity contribution in [2.75, 3.05) is 0 Å². The first-order chi connectivity index (χ1) is 17.2. The van der Waals surface area contributed by atoms with Gasteiger partial charge < -0.3 is 18.9 Å². The van der Waals surface area contributed by atoms with Crippen molar-refractivity contribution in [1.29, 1.82) is 0 Å². The Labute approximate surface area is 217 Å². The van der Waals surface area contributed by atoms with Crippen LogP contribution in [0.15, 0.2) is 23.8 Å². The maximum atomic E-state index is 14.2. The molecule has 37 heavy (non-hydrogen) atoms. The first-order valence-electron chi connectivity index (χ1n) is 12.9. The standard InChI is InChI=1S/C28H38O9/c1-9-13(2)15(4)24(31)17(6)34-27(33)28-12-23-20(16(5)26(32)37-23)11-21(28)14(3)10-22(35-18(7)29)25(28)36-19(8)30/h10,13,15,17,20-23,25H,5,9,11-12H2,1-4,6-8H3. The normalized spacial score (nSPS) is 33.1. The van der Waals surface area contributed by atoms with Gasteiger partial charge in [0.1, 0.15) is 11.5 Å². The topological polar surface area (TPSA) is 122 Å². The first kappa shape index (κ1) is 28.6. The van der Waals surface area contributed by atoms with E-state index in [1.54, 1.807) is 13.0 Å². The molecule has 0 aromatic heterocycles. The molecular weight excluding hydrogens is 480 g/mol. The lowest BCUT2D eigenvalue weighted by Gasteiger charge is -2.52. The lowest BCUT2D eigenvalue weighted by Crippen LogP contribution is -2.62. The van der Waals surface area contributed by atoms with Gasteiger partial charge in [0.05, 0.1) is 0 Å². The van der Waals surface area contributed by atoms with Crippen molar-refractivity contribution < 1.29 is 42.9 Å². The van der Waals surface area contributed by atoms with Crippen LogP contribution in [0, 0.1) is 29.1 Å². The van der Waals surface area contributed by atoms with Crippen LogP contribution in [0.5, 0.6) is 0 Å². The molecule has 0 bridgehead atoms. The smallest absolute Gasteiger partial charge is 0.334 e. The van der Waals surface area contributed by atoms with E-state index < -0.39 is 59.6 Å². The van der Waals surface area contributed by atoms with Crippen LogP contribution in [0.4, 0.5) is 0 Å². The summed E-state index contributed by atoms with van der Waals surface area (Å²) in [6, 6.07) is 0. The molecule has 0 aromatic rings. The summed E-state index contributed by atoms with van der Waals surface area (Å²) in [5.41, 5.74) is -0.494. The number of Topliss-reactive ketones (excluding diaryl/α,β-unsaturated/α-hetero) is 1. The van der Waals surface area contributed by atoms with Crippen molar-refractivity contribution in [3.63, 3.8) is 0 Å². The van der Waals surface area contributed by atoms with Crippen LogP contribution < -0.4 is 0 Å². The number of carbonyl (C=O) groups is 5. The number of fused-ring (bicyclic) bond motifs is 2. The fourth-order valence-corrected chi connectivity index (χ4v) is 6.06. The average molecular weight is 519 g/mol. The third kappa shape index (κ3) is 5.22. The van der Waals surface area contributed by atoms with E-state index in [0.29, 0.717) is 12.0 Å². The zero-order valence-electron chi connectivity index (χ0n) is 22.7. The van der Waals surface area contributed by atoms with Gasteiger partial charge in [-0.1, -0.05) is 39.3 Å². The minimum Gasteiger partial charge on any atom is -0.458 e. The Morgan fingerprint density at radius 3 is 2.32 bits per heavy atom. The maximum absolute atomic E-state index is 14.2. The van der Waals surface area contributed by atoms with Crippen LogP contribution in [0.2, 0.25) is 0 Å². The second-order valence-electron chi connectivity index (χ2n) is 10.7. The van der Waals surface area contributed by atoms with Gasteiger partial charge in [0.2, 0.25) is 0 Å². The predicted octanol–water partition coefficient (Wildman–Crippen LogP) is 3.49. The predicted molar refractivity (Wildman–Crippen MR) is 132 cm³/mol. The van der Waals surface area contributed by atoms with Crippen LogP contribution in [0.3, 0.4) is 0 Å². The van der Waals surface area contributed by atoms with E-state index in [2.05, 4.69) is 6.58 Å². The second kappa shape index (κ2) is 10.8. The van der Waals surface area contributed by atoms with E-state index in [-0.39, 0.29) is 30.0 Å². The van der Waals surface area contributed by atoms with Crippen LogP contribution >= 0.6 is 0 Å². The number of hydrogen-bond acceptors (Lipinski definition) is 9. The van der Waals surface area contributed by atoms with Gasteiger partial charge in [0.15, 0.2) is 24.1 Å². The molecule has 1 heterocycles. The Hall–Kier alpha value is -2.97. The van der Waals surface area contributed by atoms with Crippen molar-refractivity contribution >= 4 is 29.7 Å². The molecule has 9 heteroatoms. The van der Waals surface area contributed by atoms with E-state index in [4.69, 9.17) is 18.9 Å². The first-order valence-corrected chi connectivity index (χ1v) is 12.9. The molecule has 204 valence electrons. The van der Waals surface area contributed by atoms with Crippen molar-refractivity contribution in [3.05, 3.63) is 23.8 Å². The zero-order chi connectivity index (χ0) is 27.8. The summed E-state index contributed by atoms with van der Waals surface area (Å²) >= 11 is 0. The molecule has 1 saturated heterocycles. The number of carbonyl (C=O) groups excluding carboxylic acids is 5. The summed E-state index contributed by atoms with van der Waals surface area (Å²) in [6.07, 6.45) is -1.30. The maximum Gasteiger partial charge on any atom is 0.334 e. The minimum atomic E-state index is -1.55. The molecule has 0 amide bonds. The third-order valence-corrected chi connectivity index (χ3v) is 8.46. The highest BCUT2D eigenvalue weighted by atomic mass is 16.6. The number of esters is 4. The zero-order valence-corrected chi connectivity index (χ0v) is 22.7. The van der Waals surface area contributed by atoms with Crippen LogP contribution in [-0.4, -0.2) is 54.1 Å². The molecule has 0 radical (unpaired) electrons. The molecule has 9 atom stereocenters. The third-order valence-electron chi connectivity index (χ3n) is 8.46. The molecule has 2 fully saturated rings. The van der Waals surface area contributed by atoms with Crippen LogP contribution in [-0.2, 0) is 42.9 Å². The van der Waals surface area contributed by atoms with E-state index in [1.807, 2.05) is 20.8 Å². The van der Waals surface area contributed by atoms with Gasteiger partial charge in [0, 0.05) is 43.6 Å². The molecule has 0 aromatic carbocycles. The quantitative estimate of drug-likeness (QED) is 0.206. The highest BCUT2D eigenvalue weighted by Gasteiger charge is 2.66. The lowest BCUT2D eigenvalue weighted by molar-refractivity contribution is -0.207. The number of rotatable bonds is 8. The van der Waals surface area contributed by atoms with Gasteiger partial charge >= 0.3 is 23.9 Å². The van der Waals surface area contributed by atoms with Gasteiger partial charge in [-0.05, 0) is 32.3 Å².